The van der Waals surface area contributed by atoms with Gasteiger partial charge in [-0.1, -0.05) is 44.2 Å². The van der Waals surface area contributed by atoms with Crippen molar-refractivity contribution in [2.45, 2.75) is 26.3 Å². The topological polar surface area (TPSA) is 64.6 Å². The molecule has 5 nitrogen and oxygen atoms in total. The molecule has 0 bridgehead atoms. The Morgan fingerprint density at radius 3 is 2.23 bits per heavy atom. The molecule has 0 unspecified atom stereocenters. The number of methoxy groups -OCH3 is 1. The normalized spacial score (nSPS) is 11.7. The molecule has 0 aliphatic rings. The molecule has 2 aromatic rings. The second-order valence-electron chi connectivity index (χ2n) is 6.46. The van der Waals surface area contributed by atoms with Gasteiger partial charge in [-0.05, 0) is 42.2 Å². The summed E-state index contributed by atoms with van der Waals surface area (Å²) in [7, 11) is 1.33. The van der Waals surface area contributed by atoms with Crippen LogP contribution in [0.25, 0.3) is 0 Å². The maximum atomic E-state index is 12.3. The fraction of sp³-hybridized carbons (Fsp3) is 0.333. The highest BCUT2D eigenvalue weighted by atomic mass is 16.5. The van der Waals surface area contributed by atoms with Gasteiger partial charge < -0.3 is 14.8 Å². The quantitative estimate of drug-likeness (QED) is 0.733. The maximum Gasteiger partial charge on any atom is 0.337 e. The first-order valence-electron chi connectivity index (χ1n) is 8.65. The molecule has 0 aliphatic heterocycles. The van der Waals surface area contributed by atoms with Crippen LogP contribution in [-0.2, 0) is 9.53 Å². The lowest BCUT2D eigenvalue weighted by atomic mass is 9.97. The highest BCUT2D eigenvalue weighted by Gasteiger charge is 2.16. The molecule has 2 rings (SSSR count). The minimum Gasteiger partial charge on any atom is -0.484 e. The second-order valence-corrected chi connectivity index (χ2v) is 6.46. The summed E-state index contributed by atoms with van der Waals surface area (Å²) < 4.78 is 10.2. The Morgan fingerprint density at radius 2 is 1.65 bits per heavy atom. The number of carbonyl (C=O) groups excluding carboxylic acids is 2. The van der Waals surface area contributed by atoms with Gasteiger partial charge in [-0.2, -0.15) is 0 Å². The zero-order valence-electron chi connectivity index (χ0n) is 15.4. The van der Waals surface area contributed by atoms with Gasteiger partial charge >= 0.3 is 5.97 Å². The summed E-state index contributed by atoms with van der Waals surface area (Å²) in [6, 6.07) is 16.4. The Kier molecular flexibility index (Phi) is 7.21. The van der Waals surface area contributed by atoms with Gasteiger partial charge in [0.15, 0.2) is 6.61 Å². The van der Waals surface area contributed by atoms with Gasteiger partial charge in [0.25, 0.3) is 5.91 Å². The first kappa shape index (κ1) is 19.5. The number of ether oxygens (including phenoxy) is 2. The molecule has 138 valence electrons. The molecule has 5 heteroatoms. The van der Waals surface area contributed by atoms with Crippen molar-refractivity contribution in [3.05, 3.63) is 65.7 Å². The predicted molar refractivity (Wildman–Crippen MR) is 100 cm³/mol. The van der Waals surface area contributed by atoms with Gasteiger partial charge in [0, 0.05) is 0 Å². The lowest BCUT2D eigenvalue weighted by Crippen LogP contribution is -2.33. The summed E-state index contributed by atoms with van der Waals surface area (Å²) >= 11 is 0. The number of carbonyl (C=O) groups is 2. The van der Waals surface area contributed by atoms with E-state index in [1.807, 2.05) is 30.3 Å². The van der Waals surface area contributed by atoms with Gasteiger partial charge in [0.1, 0.15) is 5.75 Å². The minimum atomic E-state index is -0.409. The number of hydrogen-bond acceptors (Lipinski definition) is 4. The molecule has 2 aromatic carbocycles. The largest absolute Gasteiger partial charge is 0.484 e. The summed E-state index contributed by atoms with van der Waals surface area (Å²) in [6.07, 6.45) is 0.851. The number of rotatable bonds is 8. The van der Waals surface area contributed by atoms with E-state index < -0.39 is 5.97 Å². The molecular formula is C21H25NO4. The summed E-state index contributed by atoms with van der Waals surface area (Å²) in [5, 5.41) is 3.04. The van der Waals surface area contributed by atoms with E-state index in [1.54, 1.807) is 24.3 Å². The van der Waals surface area contributed by atoms with E-state index in [2.05, 4.69) is 23.9 Å². The molecule has 1 N–H and O–H groups in total. The van der Waals surface area contributed by atoms with Crippen LogP contribution in [0.2, 0.25) is 0 Å². The van der Waals surface area contributed by atoms with Crippen LogP contribution in [0.4, 0.5) is 0 Å². The SMILES string of the molecule is COC(=O)c1ccc(OCC(=O)N[C@H](CC(C)C)c2ccccc2)cc1. The van der Waals surface area contributed by atoms with E-state index >= 15 is 0 Å². The average Bonchev–Trinajstić information content (AvgIpc) is 2.66. The van der Waals surface area contributed by atoms with E-state index in [0.717, 1.165) is 12.0 Å². The predicted octanol–water partition coefficient (Wildman–Crippen LogP) is 3.76. The first-order valence-corrected chi connectivity index (χ1v) is 8.65. The van der Waals surface area contributed by atoms with Gasteiger partial charge in [-0.3, -0.25) is 4.79 Å². The molecule has 0 saturated carbocycles. The number of amides is 1. The molecule has 26 heavy (non-hydrogen) atoms. The zero-order valence-corrected chi connectivity index (χ0v) is 15.4. The van der Waals surface area contributed by atoms with Gasteiger partial charge in [0.05, 0.1) is 18.7 Å². The standard InChI is InChI=1S/C21H25NO4/c1-15(2)13-19(16-7-5-4-6-8-16)22-20(23)14-26-18-11-9-17(10-12-18)21(24)25-3/h4-12,15,19H,13-14H2,1-3H3,(H,22,23)/t19-/m1/s1. The molecule has 1 amide bonds. The van der Waals surface area contributed by atoms with Gasteiger partial charge in [0.2, 0.25) is 0 Å². The van der Waals surface area contributed by atoms with Crippen LogP contribution in [-0.4, -0.2) is 25.6 Å². The second kappa shape index (κ2) is 9.61. The van der Waals surface area contributed by atoms with E-state index in [-0.39, 0.29) is 18.6 Å². The lowest BCUT2D eigenvalue weighted by Gasteiger charge is -2.21. The highest BCUT2D eigenvalue weighted by Crippen LogP contribution is 2.21. The minimum absolute atomic E-state index is 0.0472. The molecule has 0 fully saturated rings. The average molecular weight is 355 g/mol. The van der Waals surface area contributed by atoms with E-state index in [9.17, 15) is 9.59 Å². The smallest absolute Gasteiger partial charge is 0.337 e. The zero-order chi connectivity index (χ0) is 18.9. The number of esters is 1. The Morgan fingerprint density at radius 1 is 1.00 bits per heavy atom. The van der Waals surface area contributed by atoms with Crippen LogP contribution in [0.3, 0.4) is 0 Å². The molecule has 1 atom stereocenters. The fourth-order valence-electron chi connectivity index (χ4n) is 2.63. The van der Waals surface area contributed by atoms with Crippen LogP contribution in [0.15, 0.2) is 54.6 Å². The van der Waals surface area contributed by atoms with Crippen molar-refractivity contribution in [2.24, 2.45) is 5.92 Å². The van der Waals surface area contributed by atoms with E-state index in [1.165, 1.54) is 7.11 Å². The van der Waals surface area contributed by atoms with Crippen LogP contribution >= 0.6 is 0 Å². The van der Waals surface area contributed by atoms with Gasteiger partial charge in [-0.15, -0.1) is 0 Å². The van der Waals surface area contributed by atoms with Gasteiger partial charge in [-0.25, -0.2) is 4.79 Å². The van der Waals surface area contributed by atoms with Crippen LogP contribution in [0, 0.1) is 5.92 Å². The number of benzene rings is 2. The van der Waals surface area contributed by atoms with Crippen molar-refractivity contribution in [3.8, 4) is 5.75 Å². The van der Waals surface area contributed by atoms with Crippen molar-refractivity contribution >= 4 is 11.9 Å². The van der Waals surface area contributed by atoms with Crippen molar-refractivity contribution in [2.75, 3.05) is 13.7 Å². The summed E-state index contributed by atoms with van der Waals surface area (Å²) in [6.45, 7) is 4.17. The monoisotopic (exact) mass is 355 g/mol. The third-order valence-corrected chi connectivity index (χ3v) is 3.89. The van der Waals surface area contributed by atoms with Crippen molar-refractivity contribution in [1.82, 2.24) is 5.32 Å². The lowest BCUT2D eigenvalue weighted by molar-refractivity contribution is -0.124. The molecule has 0 spiro atoms. The van der Waals surface area contributed by atoms with Crippen molar-refractivity contribution in [1.29, 1.82) is 0 Å². The Bertz CT molecular complexity index is 711. The summed E-state index contributed by atoms with van der Waals surface area (Å²) in [5.41, 5.74) is 1.52. The third kappa shape index (κ3) is 5.92. The van der Waals surface area contributed by atoms with Crippen LogP contribution < -0.4 is 10.1 Å². The highest BCUT2D eigenvalue weighted by molar-refractivity contribution is 5.89. The van der Waals surface area contributed by atoms with E-state index in [0.29, 0.717) is 17.2 Å². The summed E-state index contributed by atoms with van der Waals surface area (Å²) in [4.78, 5) is 23.7. The third-order valence-electron chi connectivity index (χ3n) is 3.89. The maximum absolute atomic E-state index is 12.3. The Hall–Kier alpha value is -2.82. The Labute approximate surface area is 154 Å². The number of nitrogens with one attached hydrogen (secondary N) is 1. The molecule has 0 heterocycles. The van der Waals surface area contributed by atoms with Crippen LogP contribution in [0.5, 0.6) is 5.75 Å². The molecule has 0 saturated heterocycles. The molecule has 0 aliphatic carbocycles. The summed E-state index contributed by atoms with van der Waals surface area (Å²) in [5.74, 6) is 0.380. The van der Waals surface area contributed by atoms with Crippen molar-refractivity contribution < 1.29 is 19.1 Å². The van der Waals surface area contributed by atoms with Crippen molar-refractivity contribution in [3.63, 3.8) is 0 Å². The Balaban J connectivity index is 1.92. The number of hydrogen-bond donors (Lipinski definition) is 1. The first-order chi connectivity index (χ1) is 12.5. The molecular weight excluding hydrogens is 330 g/mol. The molecule has 0 aromatic heterocycles. The van der Waals surface area contributed by atoms with E-state index in [4.69, 9.17) is 4.74 Å². The molecule has 0 radical (unpaired) electrons. The fourth-order valence-corrected chi connectivity index (χ4v) is 2.63. The van der Waals surface area contributed by atoms with Crippen LogP contribution in [0.1, 0.15) is 42.2 Å².